The monoisotopic (exact) mass is 296 g/mol. The molecule has 0 saturated carbocycles. The zero-order valence-electron chi connectivity index (χ0n) is 11.5. The van der Waals surface area contributed by atoms with Crippen LogP contribution in [0.2, 0.25) is 5.02 Å². The summed E-state index contributed by atoms with van der Waals surface area (Å²) >= 11 is 6.02. The lowest BCUT2D eigenvalue weighted by atomic mass is 9.96. The van der Waals surface area contributed by atoms with Crippen molar-refractivity contribution in [3.63, 3.8) is 0 Å². The number of carbonyl (C=O) groups excluding carboxylic acids is 1. The summed E-state index contributed by atoms with van der Waals surface area (Å²) in [6, 6.07) is 4.60. The first kappa shape index (κ1) is 14.8. The standard InChI is InChI=1S/C14H17ClN2O3/c1-9-5-3-6-10(2)16(9)14(18)11-7-4-8-12(13(11)15)17(19)20/h4,7-10H,3,5-6H2,1-2H3/t9-,10+. The van der Waals surface area contributed by atoms with Gasteiger partial charge < -0.3 is 4.90 Å². The number of carbonyl (C=O) groups is 1. The molecule has 6 heteroatoms. The Bertz CT molecular complexity index is 537. The highest BCUT2D eigenvalue weighted by Crippen LogP contribution is 2.31. The Morgan fingerprint density at radius 2 is 1.95 bits per heavy atom. The van der Waals surface area contributed by atoms with Crippen molar-refractivity contribution in [2.45, 2.75) is 45.2 Å². The number of halogens is 1. The lowest BCUT2D eigenvalue weighted by molar-refractivity contribution is -0.384. The first-order valence-corrected chi connectivity index (χ1v) is 7.07. The fraction of sp³-hybridized carbons (Fsp3) is 0.500. The van der Waals surface area contributed by atoms with Crippen molar-refractivity contribution < 1.29 is 9.72 Å². The fourth-order valence-electron chi connectivity index (χ4n) is 2.79. The second kappa shape index (κ2) is 5.79. The topological polar surface area (TPSA) is 63.5 Å². The van der Waals surface area contributed by atoms with E-state index in [1.54, 1.807) is 11.0 Å². The molecule has 0 bridgehead atoms. The van der Waals surface area contributed by atoms with Crippen molar-refractivity contribution in [1.29, 1.82) is 0 Å². The van der Waals surface area contributed by atoms with Gasteiger partial charge in [0.05, 0.1) is 10.5 Å². The van der Waals surface area contributed by atoms with Gasteiger partial charge >= 0.3 is 0 Å². The van der Waals surface area contributed by atoms with Gasteiger partial charge in [0.15, 0.2) is 0 Å². The molecule has 1 aromatic carbocycles. The van der Waals surface area contributed by atoms with Gasteiger partial charge in [-0.1, -0.05) is 17.7 Å². The smallest absolute Gasteiger partial charge is 0.288 e. The number of hydrogen-bond acceptors (Lipinski definition) is 3. The van der Waals surface area contributed by atoms with E-state index < -0.39 is 4.92 Å². The third-order valence-electron chi connectivity index (χ3n) is 3.83. The van der Waals surface area contributed by atoms with Gasteiger partial charge in [-0.15, -0.1) is 0 Å². The average molecular weight is 297 g/mol. The van der Waals surface area contributed by atoms with Gasteiger partial charge in [-0.25, -0.2) is 0 Å². The van der Waals surface area contributed by atoms with Gasteiger partial charge in [0.25, 0.3) is 11.6 Å². The number of piperidine rings is 1. The summed E-state index contributed by atoms with van der Waals surface area (Å²) in [6.45, 7) is 4.00. The summed E-state index contributed by atoms with van der Waals surface area (Å²) in [5.74, 6) is -0.224. The van der Waals surface area contributed by atoms with Gasteiger partial charge in [0.1, 0.15) is 5.02 Å². The van der Waals surface area contributed by atoms with E-state index in [4.69, 9.17) is 11.6 Å². The highest BCUT2D eigenvalue weighted by molar-refractivity contribution is 6.35. The van der Waals surface area contributed by atoms with Crippen LogP contribution < -0.4 is 0 Å². The van der Waals surface area contributed by atoms with E-state index in [9.17, 15) is 14.9 Å². The van der Waals surface area contributed by atoms with Gasteiger partial charge in [-0.3, -0.25) is 14.9 Å². The van der Waals surface area contributed by atoms with E-state index in [0.717, 1.165) is 19.3 Å². The molecule has 1 aliphatic heterocycles. The van der Waals surface area contributed by atoms with Crippen molar-refractivity contribution in [3.05, 3.63) is 38.9 Å². The lowest BCUT2D eigenvalue weighted by Gasteiger charge is -2.39. The second-order valence-corrected chi connectivity index (χ2v) is 5.62. The molecule has 1 amide bonds. The van der Waals surface area contributed by atoms with Crippen molar-refractivity contribution in [2.75, 3.05) is 0 Å². The zero-order chi connectivity index (χ0) is 14.9. The lowest BCUT2D eigenvalue weighted by Crippen LogP contribution is -2.47. The number of benzene rings is 1. The number of amides is 1. The maximum atomic E-state index is 12.6. The molecule has 20 heavy (non-hydrogen) atoms. The van der Waals surface area contributed by atoms with Crippen molar-refractivity contribution >= 4 is 23.2 Å². The maximum absolute atomic E-state index is 12.6. The quantitative estimate of drug-likeness (QED) is 0.618. The number of nitrogens with zero attached hydrogens (tertiary/aromatic N) is 2. The SMILES string of the molecule is C[C@@H]1CCC[C@H](C)N1C(=O)c1cccc([N+](=O)[O-])c1Cl. The van der Waals surface area contributed by atoms with Crippen LogP contribution in [-0.2, 0) is 0 Å². The Balaban J connectivity index is 2.38. The first-order chi connectivity index (χ1) is 9.43. The van der Waals surface area contributed by atoms with Crippen LogP contribution in [0.25, 0.3) is 0 Å². The van der Waals surface area contributed by atoms with E-state index in [1.807, 2.05) is 13.8 Å². The van der Waals surface area contributed by atoms with E-state index in [2.05, 4.69) is 0 Å². The molecule has 1 aliphatic rings. The average Bonchev–Trinajstić information content (AvgIpc) is 2.38. The van der Waals surface area contributed by atoms with Crippen LogP contribution in [0.15, 0.2) is 18.2 Å². The summed E-state index contributed by atoms with van der Waals surface area (Å²) < 4.78 is 0. The van der Waals surface area contributed by atoms with Crippen LogP contribution in [0.3, 0.4) is 0 Å². The Hall–Kier alpha value is -1.62. The van der Waals surface area contributed by atoms with Crippen LogP contribution in [0, 0.1) is 10.1 Å². The predicted octanol–water partition coefficient (Wildman–Crippen LogP) is 3.65. The summed E-state index contributed by atoms with van der Waals surface area (Å²) in [4.78, 5) is 24.8. The Kier molecular flexibility index (Phi) is 4.28. The van der Waals surface area contributed by atoms with E-state index >= 15 is 0 Å². The van der Waals surface area contributed by atoms with E-state index in [-0.39, 0.29) is 34.3 Å². The molecule has 0 radical (unpaired) electrons. The molecule has 108 valence electrons. The van der Waals surface area contributed by atoms with E-state index in [1.165, 1.54) is 12.1 Å². The molecular formula is C14H17ClN2O3. The van der Waals surface area contributed by atoms with Crippen molar-refractivity contribution in [1.82, 2.24) is 4.90 Å². The molecule has 0 spiro atoms. The number of likely N-dealkylation sites (tertiary alicyclic amines) is 1. The minimum absolute atomic E-state index is 0.0764. The fourth-order valence-corrected chi connectivity index (χ4v) is 3.06. The molecule has 2 rings (SSSR count). The first-order valence-electron chi connectivity index (χ1n) is 6.69. The summed E-state index contributed by atoms with van der Waals surface area (Å²) in [5, 5.41) is 10.8. The second-order valence-electron chi connectivity index (χ2n) is 5.24. The minimum atomic E-state index is -0.567. The molecule has 0 aromatic heterocycles. The molecule has 1 heterocycles. The maximum Gasteiger partial charge on any atom is 0.288 e. The molecule has 0 N–H and O–H groups in total. The van der Waals surface area contributed by atoms with Gasteiger partial charge in [0.2, 0.25) is 0 Å². The summed E-state index contributed by atoms with van der Waals surface area (Å²) in [5.41, 5.74) is -0.0173. The largest absolute Gasteiger partial charge is 0.333 e. The van der Waals surface area contributed by atoms with Gasteiger partial charge in [-0.2, -0.15) is 0 Å². The number of hydrogen-bond donors (Lipinski definition) is 0. The minimum Gasteiger partial charge on any atom is -0.333 e. The molecule has 5 nitrogen and oxygen atoms in total. The van der Waals surface area contributed by atoms with Crippen molar-refractivity contribution in [3.8, 4) is 0 Å². The van der Waals surface area contributed by atoms with Crippen LogP contribution >= 0.6 is 11.6 Å². The van der Waals surface area contributed by atoms with Crippen LogP contribution in [0.4, 0.5) is 5.69 Å². The van der Waals surface area contributed by atoms with Crippen LogP contribution in [-0.4, -0.2) is 27.8 Å². The molecule has 1 fully saturated rings. The van der Waals surface area contributed by atoms with Crippen molar-refractivity contribution in [2.24, 2.45) is 0 Å². The summed E-state index contributed by atoms with van der Waals surface area (Å²) in [6.07, 6.45) is 2.99. The highest BCUT2D eigenvalue weighted by Gasteiger charge is 2.32. The summed E-state index contributed by atoms with van der Waals surface area (Å²) in [7, 11) is 0. The van der Waals surface area contributed by atoms with Gasteiger partial charge in [0, 0.05) is 18.2 Å². The molecule has 1 saturated heterocycles. The third kappa shape index (κ3) is 2.63. The highest BCUT2D eigenvalue weighted by atomic mass is 35.5. The predicted molar refractivity (Wildman–Crippen MR) is 77.1 cm³/mol. The molecule has 0 aliphatic carbocycles. The zero-order valence-corrected chi connectivity index (χ0v) is 12.3. The molecule has 2 atom stereocenters. The number of nitro benzene ring substituents is 1. The normalized spacial score (nSPS) is 22.6. The number of nitro groups is 1. The number of rotatable bonds is 2. The molecule has 0 unspecified atom stereocenters. The van der Waals surface area contributed by atoms with Gasteiger partial charge in [-0.05, 0) is 39.2 Å². The van der Waals surface area contributed by atoms with Crippen LogP contribution in [0.1, 0.15) is 43.5 Å². The Morgan fingerprint density at radius 3 is 2.50 bits per heavy atom. The third-order valence-corrected chi connectivity index (χ3v) is 4.23. The molecule has 1 aromatic rings. The Labute approximate surface area is 122 Å². The van der Waals surface area contributed by atoms with E-state index in [0.29, 0.717) is 0 Å². The van der Waals surface area contributed by atoms with Crippen LogP contribution in [0.5, 0.6) is 0 Å². The molecular weight excluding hydrogens is 280 g/mol. The Morgan fingerprint density at radius 1 is 1.35 bits per heavy atom.